The van der Waals surface area contributed by atoms with Crippen LogP contribution in [0.15, 0.2) is 48.5 Å². The molecule has 0 radical (unpaired) electrons. The molecule has 0 unspecified atom stereocenters. The first-order chi connectivity index (χ1) is 15.2. The molecule has 31 heavy (non-hydrogen) atoms. The monoisotopic (exact) mass is 439 g/mol. The maximum absolute atomic E-state index is 12.5. The molecule has 2 aromatic carbocycles. The minimum Gasteiger partial charge on any atom is -0.322 e. The van der Waals surface area contributed by atoms with Gasteiger partial charge in [0.05, 0.1) is 0 Å². The maximum Gasteiger partial charge on any atom is 0.255 e. The third-order valence-corrected chi connectivity index (χ3v) is 6.90. The number of hydrogen-bond acceptors (Lipinski definition) is 3. The van der Waals surface area contributed by atoms with Crippen LogP contribution in [0.3, 0.4) is 0 Å². The average Bonchev–Trinajstić information content (AvgIpc) is 3.01. The fourth-order valence-electron chi connectivity index (χ4n) is 4.86. The smallest absolute Gasteiger partial charge is 0.255 e. The molecule has 1 aliphatic heterocycles. The molecule has 4 rings (SSSR count). The van der Waals surface area contributed by atoms with Crippen molar-refractivity contribution in [3.05, 3.63) is 64.7 Å². The van der Waals surface area contributed by atoms with Gasteiger partial charge in [-0.15, -0.1) is 0 Å². The highest BCUT2D eigenvalue weighted by Crippen LogP contribution is 2.25. The summed E-state index contributed by atoms with van der Waals surface area (Å²) in [6.45, 7) is 6.95. The molecule has 1 N–H and O–H groups in total. The van der Waals surface area contributed by atoms with E-state index in [1.807, 2.05) is 24.3 Å². The first kappa shape index (κ1) is 22.3. The molecule has 1 saturated heterocycles. The van der Waals surface area contributed by atoms with Gasteiger partial charge in [-0.2, -0.15) is 0 Å². The summed E-state index contributed by atoms with van der Waals surface area (Å²) in [4.78, 5) is 17.7. The van der Waals surface area contributed by atoms with Gasteiger partial charge in [-0.1, -0.05) is 43.0 Å². The number of benzene rings is 2. The lowest BCUT2D eigenvalue weighted by atomic mass is 9.89. The van der Waals surface area contributed by atoms with Crippen LogP contribution >= 0.6 is 11.6 Å². The van der Waals surface area contributed by atoms with Crippen molar-refractivity contribution in [2.75, 3.05) is 38.0 Å². The largest absolute Gasteiger partial charge is 0.322 e. The van der Waals surface area contributed by atoms with Gasteiger partial charge in [-0.25, -0.2) is 0 Å². The maximum atomic E-state index is 12.5. The zero-order valence-electron chi connectivity index (χ0n) is 18.4. The molecular formula is C26H34ClN3O. The summed E-state index contributed by atoms with van der Waals surface area (Å²) in [6, 6.07) is 15.2. The topological polar surface area (TPSA) is 35.6 Å². The summed E-state index contributed by atoms with van der Waals surface area (Å²) in [5.41, 5.74) is 2.69. The van der Waals surface area contributed by atoms with E-state index in [1.165, 1.54) is 63.7 Å². The molecule has 2 aliphatic rings. The molecular weight excluding hydrogens is 406 g/mol. The van der Waals surface area contributed by atoms with E-state index in [4.69, 9.17) is 11.6 Å². The van der Waals surface area contributed by atoms with Gasteiger partial charge in [0, 0.05) is 42.5 Å². The summed E-state index contributed by atoms with van der Waals surface area (Å²) in [7, 11) is 0. The Labute approximate surface area is 191 Å². The lowest BCUT2D eigenvalue weighted by Gasteiger charge is -2.29. The Morgan fingerprint density at radius 2 is 1.52 bits per heavy atom. The number of rotatable bonds is 6. The fourth-order valence-corrected chi connectivity index (χ4v) is 4.98. The second kappa shape index (κ2) is 11.1. The lowest BCUT2D eigenvalue weighted by molar-refractivity contribution is 0.102. The molecule has 1 saturated carbocycles. The minimum atomic E-state index is -0.0954. The van der Waals surface area contributed by atoms with Gasteiger partial charge in [0.1, 0.15) is 0 Å². The van der Waals surface area contributed by atoms with Crippen LogP contribution in [-0.4, -0.2) is 48.4 Å². The molecule has 166 valence electrons. The van der Waals surface area contributed by atoms with Crippen molar-refractivity contribution in [2.45, 2.75) is 45.1 Å². The van der Waals surface area contributed by atoms with E-state index in [0.717, 1.165) is 31.2 Å². The second-order valence-corrected chi connectivity index (χ2v) is 9.53. The molecule has 0 aromatic heterocycles. The summed E-state index contributed by atoms with van der Waals surface area (Å²) < 4.78 is 0. The molecule has 4 nitrogen and oxygen atoms in total. The van der Waals surface area contributed by atoms with Crippen LogP contribution in [0.5, 0.6) is 0 Å². The van der Waals surface area contributed by atoms with Crippen LogP contribution in [-0.2, 0) is 6.54 Å². The highest BCUT2D eigenvalue weighted by Gasteiger charge is 2.20. The van der Waals surface area contributed by atoms with Gasteiger partial charge < -0.3 is 10.2 Å². The van der Waals surface area contributed by atoms with Crippen LogP contribution in [0.1, 0.15) is 54.4 Å². The first-order valence-electron chi connectivity index (χ1n) is 11.8. The molecule has 1 heterocycles. The van der Waals surface area contributed by atoms with Crippen molar-refractivity contribution < 1.29 is 4.79 Å². The van der Waals surface area contributed by atoms with Gasteiger partial charge in [-0.05, 0) is 80.2 Å². The van der Waals surface area contributed by atoms with Gasteiger partial charge in [0.2, 0.25) is 0 Å². The van der Waals surface area contributed by atoms with E-state index < -0.39 is 0 Å². The van der Waals surface area contributed by atoms with Gasteiger partial charge in [0.25, 0.3) is 5.91 Å². The number of anilines is 1. The quantitative estimate of drug-likeness (QED) is 0.628. The van der Waals surface area contributed by atoms with Crippen molar-refractivity contribution in [3.8, 4) is 0 Å². The van der Waals surface area contributed by atoms with Crippen molar-refractivity contribution in [2.24, 2.45) is 5.92 Å². The van der Waals surface area contributed by atoms with Crippen molar-refractivity contribution in [1.82, 2.24) is 9.80 Å². The Hall–Kier alpha value is -1.88. The molecule has 2 fully saturated rings. The number of amides is 1. The zero-order valence-corrected chi connectivity index (χ0v) is 19.1. The average molecular weight is 440 g/mol. The Morgan fingerprint density at radius 1 is 0.839 bits per heavy atom. The standard InChI is InChI=1S/C26H34ClN3O/c27-24-11-13-25(14-12-24)28-26(31)23-9-7-22(8-10-23)20-30-16-4-15-29(17-18-30)19-21-5-2-1-3-6-21/h7-14,21H,1-6,15-20H2,(H,28,31). The normalized spacial score (nSPS) is 19.1. The van der Waals surface area contributed by atoms with Crippen LogP contribution in [0.4, 0.5) is 5.69 Å². The van der Waals surface area contributed by atoms with Gasteiger partial charge >= 0.3 is 0 Å². The van der Waals surface area contributed by atoms with Crippen molar-refractivity contribution >= 4 is 23.2 Å². The predicted molar refractivity (Wildman–Crippen MR) is 129 cm³/mol. The van der Waals surface area contributed by atoms with Crippen molar-refractivity contribution in [1.29, 1.82) is 0 Å². The summed E-state index contributed by atoms with van der Waals surface area (Å²) in [6.07, 6.45) is 8.40. The second-order valence-electron chi connectivity index (χ2n) is 9.09. The molecule has 2 aromatic rings. The van der Waals surface area contributed by atoms with Gasteiger partial charge in [0.15, 0.2) is 0 Å². The van der Waals surface area contributed by atoms with Crippen LogP contribution in [0, 0.1) is 5.92 Å². The summed E-state index contributed by atoms with van der Waals surface area (Å²) in [5.74, 6) is 0.828. The molecule has 1 aliphatic carbocycles. The highest BCUT2D eigenvalue weighted by molar-refractivity contribution is 6.30. The molecule has 1 amide bonds. The Bertz CT molecular complexity index is 831. The van der Waals surface area contributed by atoms with E-state index in [2.05, 4.69) is 27.2 Å². The number of carbonyl (C=O) groups is 1. The number of nitrogens with one attached hydrogen (secondary N) is 1. The number of carbonyl (C=O) groups excluding carboxylic acids is 1. The third-order valence-electron chi connectivity index (χ3n) is 6.65. The van der Waals surface area contributed by atoms with E-state index in [-0.39, 0.29) is 5.91 Å². The Balaban J connectivity index is 1.25. The molecule has 0 atom stereocenters. The lowest BCUT2D eigenvalue weighted by Crippen LogP contribution is -2.34. The predicted octanol–water partition coefficient (Wildman–Crippen LogP) is 5.68. The van der Waals surface area contributed by atoms with Crippen molar-refractivity contribution in [3.63, 3.8) is 0 Å². The summed E-state index contributed by atoms with van der Waals surface area (Å²) in [5, 5.41) is 3.58. The highest BCUT2D eigenvalue weighted by atomic mass is 35.5. The van der Waals surface area contributed by atoms with E-state index in [9.17, 15) is 4.79 Å². The van der Waals surface area contributed by atoms with Crippen LogP contribution in [0.25, 0.3) is 0 Å². The number of halogens is 1. The third kappa shape index (κ3) is 6.80. The SMILES string of the molecule is O=C(Nc1ccc(Cl)cc1)c1ccc(CN2CCCN(CC3CCCCC3)CC2)cc1. The number of nitrogens with zero attached hydrogens (tertiary/aromatic N) is 2. The first-order valence-corrected chi connectivity index (χ1v) is 12.1. The Kier molecular flexibility index (Phi) is 8.01. The van der Waals surface area contributed by atoms with E-state index in [0.29, 0.717) is 10.6 Å². The molecule has 0 spiro atoms. The van der Waals surface area contributed by atoms with Crippen LogP contribution < -0.4 is 5.32 Å². The summed E-state index contributed by atoms with van der Waals surface area (Å²) >= 11 is 5.91. The Morgan fingerprint density at radius 3 is 2.26 bits per heavy atom. The number of hydrogen-bond donors (Lipinski definition) is 1. The molecule has 5 heteroatoms. The zero-order chi connectivity index (χ0) is 21.5. The van der Waals surface area contributed by atoms with E-state index >= 15 is 0 Å². The van der Waals surface area contributed by atoms with Gasteiger partial charge in [-0.3, -0.25) is 9.69 Å². The van der Waals surface area contributed by atoms with Crippen LogP contribution in [0.2, 0.25) is 5.02 Å². The minimum absolute atomic E-state index is 0.0954. The fraction of sp³-hybridized carbons (Fsp3) is 0.500. The molecule has 0 bridgehead atoms. The van der Waals surface area contributed by atoms with E-state index in [1.54, 1.807) is 12.1 Å².